The van der Waals surface area contributed by atoms with Crippen molar-refractivity contribution in [1.82, 2.24) is 9.97 Å². The lowest BCUT2D eigenvalue weighted by Crippen LogP contribution is -2.36. The molecule has 0 aliphatic carbocycles. The summed E-state index contributed by atoms with van der Waals surface area (Å²) in [5.74, 6) is 0.300. The number of anilines is 1. The molecule has 0 spiro atoms. The van der Waals surface area contributed by atoms with Gasteiger partial charge in [-0.3, -0.25) is 0 Å². The van der Waals surface area contributed by atoms with Gasteiger partial charge in [0.15, 0.2) is 0 Å². The van der Waals surface area contributed by atoms with Gasteiger partial charge in [0, 0.05) is 31.2 Å². The van der Waals surface area contributed by atoms with Crippen LogP contribution in [-0.2, 0) is 4.74 Å². The number of rotatable bonds is 6. The lowest BCUT2D eigenvalue weighted by molar-refractivity contribution is 0.122. The molecule has 1 fully saturated rings. The second-order valence-corrected chi connectivity index (χ2v) is 6.96. The Morgan fingerprint density at radius 2 is 1.68 bits per heavy atom. The molecule has 0 saturated carbocycles. The van der Waals surface area contributed by atoms with E-state index in [0.717, 1.165) is 42.6 Å². The molecule has 0 amide bonds. The highest BCUT2D eigenvalue weighted by atomic mass is 32.1. The summed E-state index contributed by atoms with van der Waals surface area (Å²) in [6.07, 6.45) is 2.72. The number of ether oxygens (including phenoxy) is 1. The van der Waals surface area contributed by atoms with Crippen LogP contribution < -0.4 is 4.90 Å². The fourth-order valence-corrected chi connectivity index (χ4v) is 3.38. The van der Waals surface area contributed by atoms with E-state index in [9.17, 15) is 0 Å². The van der Waals surface area contributed by atoms with Crippen molar-refractivity contribution in [2.75, 3.05) is 31.2 Å². The second kappa shape index (κ2) is 9.25. The smallest absolute Gasteiger partial charge is 0.268 e. The predicted molar refractivity (Wildman–Crippen MR) is 108 cm³/mol. The summed E-state index contributed by atoms with van der Waals surface area (Å²) < 4.78 is 5.40. The van der Waals surface area contributed by atoms with Crippen LogP contribution in [0.15, 0.2) is 80.7 Å². The van der Waals surface area contributed by atoms with Crippen LogP contribution in [0.25, 0.3) is 0 Å². The highest BCUT2D eigenvalue weighted by Gasteiger charge is 2.12. The summed E-state index contributed by atoms with van der Waals surface area (Å²) in [6.45, 7) is 3.34. The van der Waals surface area contributed by atoms with Gasteiger partial charge in [-0.2, -0.15) is 15.3 Å². The van der Waals surface area contributed by atoms with Crippen molar-refractivity contribution in [3.63, 3.8) is 0 Å². The maximum atomic E-state index is 5.40. The molecule has 1 saturated heterocycles. The summed E-state index contributed by atoms with van der Waals surface area (Å²) in [5, 5.41) is 19.1. The third-order valence-electron chi connectivity index (χ3n) is 4.11. The highest BCUT2D eigenvalue weighted by molar-refractivity contribution is 7.10. The molecule has 28 heavy (non-hydrogen) atoms. The van der Waals surface area contributed by atoms with Crippen LogP contribution in [0.5, 0.6) is 0 Å². The van der Waals surface area contributed by atoms with Crippen molar-refractivity contribution in [3.8, 4) is 0 Å². The van der Waals surface area contributed by atoms with Crippen LogP contribution in [0, 0.1) is 0 Å². The van der Waals surface area contributed by atoms with Gasteiger partial charge in [0.2, 0.25) is 6.17 Å². The number of hydrogen-bond donors (Lipinski definition) is 0. The molecular formula is C19H19N7OS. The van der Waals surface area contributed by atoms with Gasteiger partial charge in [-0.25, -0.2) is 9.97 Å². The highest BCUT2D eigenvalue weighted by Crippen LogP contribution is 2.28. The van der Waals surface area contributed by atoms with E-state index >= 15 is 0 Å². The molecule has 3 heterocycles. The normalized spacial score (nSPS) is 16.1. The van der Waals surface area contributed by atoms with Crippen molar-refractivity contribution >= 4 is 28.7 Å². The number of nitrogens with zero attached hydrogens (tertiary/aromatic N) is 7. The van der Waals surface area contributed by atoms with E-state index in [1.165, 1.54) is 0 Å². The zero-order chi connectivity index (χ0) is 19.0. The molecule has 1 unspecified atom stereocenters. The first kappa shape index (κ1) is 18.3. The van der Waals surface area contributed by atoms with Crippen LogP contribution in [0.4, 0.5) is 17.3 Å². The molecule has 1 atom stereocenters. The molecule has 0 N–H and O–H groups in total. The van der Waals surface area contributed by atoms with Crippen molar-refractivity contribution in [1.29, 1.82) is 0 Å². The molecule has 1 aliphatic heterocycles. The summed E-state index contributed by atoms with van der Waals surface area (Å²) in [6, 6.07) is 13.7. The quantitative estimate of drug-likeness (QED) is 0.555. The Morgan fingerprint density at radius 3 is 2.39 bits per heavy atom. The molecule has 1 aliphatic rings. The average molecular weight is 393 g/mol. The minimum absolute atomic E-state index is 0.300. The first-order chi connectivity index (χ1) is 13.9. The third-order valence-corrected chi connectivity index (χ3v) is 5.03. The van der Waals surface area contributed by atoms with E-state index < -0.39 is 6.17 Å². The molecule has 8 nitrogen and oxygen atoms in total. The van der Waals surface area contributed by atoms with Gasteiger partial charge in [-0.15, -0.1) is 16.5 Å². The standard InChI is InChI=1S/C19H19N7OS/c1-3-17(28-14-1)18(24-25-19-20-8-2-9-21-19)23-22-15-4-6-16(7-5-15)26-10-12-27-13-11-26/h1-9,14,18H,10-13H2. The third kappa shape index (κ3) is 4.81. The zero-order valence-corrected chi connectivity index (χ0v) is 15.9. The summed E-state index contributed by atoms with van der Waals surface area (Å²) in [5.41, 5.74) is 1.93. The van der Waals surface area contributed by atoms with Gasteiger partial charge >= 0.3 is 0 Å². The Kier molecular flexibility index (Phi) is 6.05. The van der Waals surface area contributed by atoms with E-state index in [1.807, 2.05) is 29.6 Å². The topological polar surface area (TPSA) is 87.7 Å². The predicted octanol–water partition coefficient (Wildman–Crippen LogP) is 4.94. The molecule has 3 aromatic rings. The van der Waals surface area contributed by atoms with Crippen LogP contribution >= 0.6 is 11.3 Å². The Balaban J connectivity index is 1.48. The minimum atomic E-state index is -0.525. The molecule has 1 aromatic carbocycles. The van der Waals surface area contributed by atoms with Crippen molar-refractivity contribution in [2.45, 2.75) is 6.17 Å². The van der Waals surface area contributed by atoms with Crippen molar-refractivity contribution < 1.29 is 4.74 Å². The molecule has 4 rings (SSSR count). The summed E-state index contributed by atoms with van der Waals surface area (Å²) in [4.78, 5) is 11.4. The zero-order valence-electron chi connectivity index (χ0n) is 15.1. The fraction of sp³-hybridized carbons (Fsp3) is 0.263. The minimum Gasteiger partial charge on any atom is -0.378 e. The number of thiophene rings is 1. The Hall–Kier alpha value is -3.04. The maximum Gasteiger partial charge on any atom is 0.268 e. The van der Waals surface area contributed by atoms with E-state index in [-0.39, 0.29) is 0 Å². The second-order valence-electron chi connectivity index (χ2n) is 5.98. The number of benzene rings is 1. The van der Waals surface area contributed by atoms with Gasteiger partial charge in [-0.05, 0) is 41.8 Å². The van der Waals surface area contributed by atoms with Gasteiger partial charge in [0.25, 0.3) is 5.95 Å². The lowest BCUT2D eigenvalue weighted by atomic mass is 10.2. The number of aromatic nitrogens is 2. The summed E-state index contributed by atoms with van der Waals surface area (Å²) in [7, 11) is 0. The molecule has 0 radical (unpaired) electrons. The average Bonchev–Trinajstić information content (AvgIpc) is 3.30. The van der Waals surface area contributed by atoms with E-state index in [4.69, 9.17) is 4.74 Å². The number of hydrogen-bond acceptors (Lipinski definition) is 9. The Labute approximate surface area is 166 Å². The molecule has 0 bridgehead atoms. The fourth-order valence-electron chi connectivity index (χ4n) is 2.70. The number of azo groups is 2. The van der Waals surface area contributed by atoms with Crippen LogP contribution in [-0.4, -0.2) is 36.3 Å². The Morgan fingerprint density at radius 1 is 0.929 bits per heavy atom. The van der Waals surface area contributed by atoms with Crippen molar-refractivity contribution in [3.05, 3.63) is 65.1 Å². The van der Waals surface area contributed by atoms with E-state index in [0.29, 0.717) is 5.95 Å². The molecule has 9 heteroatoms. The van der Waals surface area contributed by atoms with Crippen LogP contribution in [0.3, 0.4) is 0 Å². The van der Waals surface area contributed by atoms with Gasteiger partial charge in [0.1, 0.15) is 0 Å². The van der Waals surface area contributed by atoms with Gasteiger partial charge < -0.3 is 9.64 Å². The Bertz CT molecular complexity index is 907. The molecular weight excluding hydrogens is 374 g/mol. The van der Waals surface area contributed by atoms with Crippen LogP contribution in [0.2, 0.25) is 0 Å². The molecule has 142 valence electrons. The SMILES string of the molecule is c1cnc(N=NC(N=Nc2ccc(N3CCOCC3)cc2)c2cccs2)nc1. The largest absolute Gasteiger partial charge is 0.378 e. The van der Waals surface area contributed by atoms with Gasteiger partial charge in [-0.1, -0.05) is 6.07 Å². The van der Waals surface area contributed by atoms with Crippen molar-refractivity contribution in [2.24, 2.45) is 20.5 Å². The lowest BCUT2D eigenvalue weighted by Gasteiger charge is -2.28. The van der Waals surface area contributed by atoms with Gasteiger partial charge in [0.05, 0.1) is 23.8 Å². The first-order valence-electron chi connectivity index (χ1n) is 8.93. The maximum absolute atomic E-state index is 5.40. The molecule has 2 aromatic heterocycles. The first-order valence-corrected chi connectivity index (χ1v) is 9.81. The number of morpholine rings is 1. The van der Waals surface area contributed by atoms with Crippen LogP contribution in [0.1, 0.15) is 11.0 Å². The van der Waals surface area contributed by atoms with E-state index in [1.54, 1.807) is 29.8 Å². The van der Waals surface area contributed by atoms with E-state index in [2.05, 4.69) is 47.5 Å². The monoisotopic (exact) mass is 393 g/mol. The summed E-state index contributed by atoms with van der Waals surface area (Å²) >= 11 is 1.56.